The van der Waals surface area contributed by atoms with E-state index in [0.717, 1.165) is 63.9 Å². The molecule has 0 radical (unpaired) electrons. The van der Waals surface area contributed by atoms with Crippen molar-refractivity contribution in [2.45, 2.75) is 32.3 Å². The van der Waals surface area contributed by atoms with Crippen molar-refractivity contribution in [1.82, 2.24) is 9.97 Å². The summed E-state index contributed by atoms with van der Waals surface area (Å²) in [6.07, 6.45) is 3.40. The Morgan fingerprint density at radius 3 is 2.59 bits per heavy atom. The Balaban J connectivity index is 1.74. The molecule has 0 aliphatic carbocycles. The molecule has 2 aliphatic rings. The zero-order valence-corrected chi connectivity index (χ0v) is 13.5. The lowest BCUT2D eigenvalue weighted by molar-refractivity contribution is -0.0183. The van der Waals surface area contributed by atoms with E-state index in [0.29, 0.717) is 0 Å². The monoisotopic (exact) mass is 306 g/mol. The van der Waals surface area contributed by atoms with Crippen LogP contribution in [0.1, 0.15) is 26.7 Å². The second-order valence-electron chi connectivity index (χ2n) is 6.49. The maximum Gasteiger partial charge on any atom is 0.134 e. The molecular formula is C16H26N4O2. The highest BCUT2D eigenvalue weighted by Crippen LogP contribution is 2.32. The van der Waals surface area contributed by atoms with Crippen LogP contribution in [0.5, 0.6) is 0 Å². The lowest BCUT2D eigenvalue weighted by Crippen LogP contribution is -2.50. The van der Waals surface area contributed by atoms with E-state index in [1.807, 2.05) is 6.92 Å². The predicted molar refractivity (Wildman–Crippen MR) is 86.3 cm³/mol. The first kappa shape index (κ1) is 15.5. The number of hydrogen-bond donors (Lipinski definition) is 1. The van der Waals surface area contributed by atoms with Crippen LogP contribution in [-0.4, -0.2) is 60.1 Å². The summed E-state index contributed by atoms with van der Waals surface area (Å²) in [5.41, 5.74) is -0.564. The van der Waals surface area contributed by atoms with E-state index >= 15 is 0 Å². The Morgan fingerprint density at radius 1 is 1.23 bits per heavy atom. The van der Waals surface area contributed by atoms with E-state index in [2.05, 4.69) is 32.8 Å². The normalized spacial score (nSPS) is 29.7. The largest absolute Gasteiger partial charge is 0.390 e. The van der Waals surface area contributed by atoms with Gasteiger partial charge in [0.15, 0.2) is 0 Å². The highest BCUT2D eigenvalue weighted by Gasteiger charge is 2.36. The number of aromatic nitrogens is 2. The van der Waals surface area contributed by atoms with Gasteiger partial charge in [-0.2, -0.15) is 0 Å². The van der Waals surface area contributed by atoms with E-state index in [1.54, 1.807) is 6.33 Å². The van der Waals surface area contributed by atoms with Crippen molar-refractivity contribution in [2.24, 2.45) is 5.92 Å². The SMILES string of the molecule is CC[C@H]1CN(c2cc(N3CCOCC3)ncn2)CC[C@@]1(C)O. The third kappa shape index (κ3) is 3.17. The maximum atomic E-state index is 10.5. The van der Waals surface area contributed by atoms with Crippen LogP contribution >= 0.6 is 0 Å². The lowest BCUT2D eigenvalue weighted by atomic mass is 9.81. The third-order valence-electron chi connectivity index (χ3n) is 5.00. The number of nitrogens with zero attached hydrogens (tertiary/aromatic N) is 4. The van der Waals surface area contributed by atoms with E-state index in [9.17, 15) is 5.11 Å². The molecule has 1 aromatic heterocycles. The first-order chi connectivity index (χ1) is 10.6. The van der Waals surface area contributed by atoms with Gasteiger partial charge in [-0.3, -0.25) is 0 Å². The van der Waals surface area contributed by atoms with Crippen LogP contribution in [0.25, 0.3) is 0 Å². The molecule has 0 spiro atoms. The van der Waals surface area contributed by atoms with Gasteiger partial charge >= 0.3 is 0 Å². The fourth-order valence-electron chi connectivity index (χ4n) is 3.37. The Morgan fingerprint density at radius 2 is 1.91 bits per heavy atom. The van der Waals surface area contributed by atoms with Gasteiger partial charge in [-0.15, -0.1) is 0 Å². The minimum Gasteiger partial charge on any atom is -0.390 e. The topological polar surface area (TPSA) is 61.7 Å². The summed E-state index contributed by atoms with van der Waals surface area (Å²) in [5, 5.41) is 10.5. The van der Waals surface area contributed by atoms with Gasteiger partial charge in [0.25, 0.3) is 0 Å². The quantitative estimate of drug-likeness (QED) is 0.908. The van der Waals surface area contributed by atoms with Crippen molar-refractivity contribution >= 4 is 11.6 Å². The first-order valence-corrected chi connectivity index (χ1v) is 8.22. The summed E-state index contributed by atoms with van der Waals surface area (Å²) in [6, 6.07) is 2.07. The van der Waals surface area contributed by atoms with Crippen LogP contribution in [0.3, 0.4) is 0 Å². The minimum absolute atomic E-state index is 0.281. The van der Waals surface area contributed by atoms with Crippen molar-refractivity contribution in [2.75, 3.05) is 49.2 Å². The van der Waals surface area contributed by atoms with Crippen LogP contribution in [0.4, 0.5) is 11.6 Å². The molecule has 1 aromatic rings. The molecule has 22 heavy (non-hydrogen) atoms. The smallest absolute Gasteiger partial charge is 0.134 e. The molecule has 6 heteroatoms. The number of aliphatic hydroxyl groups is 1. The predicted octanol–water partition coefficient (Wildman–Crippen LogP) is 1.30. The van der Waals surface area contributed by atoms with Gasteiger partial charge in [-0.25, -0.2) is 9.97 Å². The second-order valence-corrected chi connectivity index (χ2v) is 6.49. The molecule has 0 bridgehead atoms. The molecule has 2 aliphatic heterocycles. The molecule has 0 saturated carbocycles. The van der Waals surface area contributed by atoms with Gasteiger partial charge in [-0.05, 0) is 19.8 Å². The molecule has 2 fully saturated rings. The fraction of sp³-hybridized carbons (Fsp3) is 0.750. The molecule has 2 atom stereocenters. The maximum absolute atomic E-state index is 10.5. The number of hydrogen-bond acceptors (Lipinski definition) is 6. The molecule has 3 heterocycles. The summed E-state index contributed by atoms with van der Waals surface area (Å²) < 4.78 is 5.40. The number of morpholine rings is 1. The number of piperidine rings is 1. The molecule has 2 saturated heterocycles. The van der Waals surface area contributed by atoms with Gasteiger partial charge < -0.3 is 19.6 Å². The highest BCUT2D eigenvalue weighted by molar-refractivity contribution is 5.50. The van der Waals surface area contributed by atoms with Crippen LogP contribution in [0.15, 0.2) is 12.4 Å². The minimum atomic E-state index is -0.564. The summed E-state index contributed by atoms with van der Waals surface area (Å²) in [4.78, 5) is 13.4. The lowest BCUT2D eigenvalue weighted by Gasteiger charge is -2.43. The van der Waals surface area contributed by atoms with E-state index in [1.165, 1.54) is 0 Å². The van der Waals surface area contributed by atoms with Crippen LogP contribution in [-0.2, 0) is 4.74 Å². The fourth-order valence-corrected chi connectivity index (χ4v) is 3.37. The zero-order valence-electron chi connectivity index (χ0n) is 13.5. The van der Waals surface area contributed by atoms with E-state index in [4.69, 9.17) is 4.74 Å². The Labute approximate surface area is 132 Å². The van der Waals surface area contributed by atoms with Gasteiger partial charge in [0, 0.05) is 38.2 Å². The van der Waals surface area contributed by atoms with Gasteiger partial charge in [0.05, 0.1) is 18.8 Å². The molecule has 0 amide bonds. The molecular weight excluding hydrogens is 280 g/mol. The molecule has 3 rings (SSSR count). The van der Waals surface area contributed by atoms with Crippen LogP contribution in [0, 0.1) is 5.92 Å². The van der Waals surface area contributed by atoms with Crippen molar-refractivity contribution in [1.29, 1.82) is 0 Å². The number of anilines is 2. The first-order valence-electron chi connectivity index (χ1n) is 8.22. The van der Waals surface area contributed by atoms with Crippen molar-refractivity contribution in [3.8, 4) is 0 Å². The highest BCUT2D eigenvalue weighted by atomic mass is 16.5. The van der Waals surface area contributed by atoms with Gasteiger partial charge in [0.2, 0.25) is 0 Å². The van der Waals surface area contributed by atoms with Crippen molar-refractivity contribution in [3.63, 3.8) is 0 Å². The van der Waals surface area contributed by atoms with Crippen molar-refractivity contribution in [3.05, 3.63) is 12.4 Å². The standard InChI is InChI=1S/C16H26N4O2/c1-3-13-11-20(5-4-16(13,2)21)15-10-14(17-12-18-15)19-6-8-22-9-7-19/h10,12-13,21H,3-9,11H2,1-2H3/t13-,16+/m0/s1. The third-order valence-corrected chi connectivity index (χ3v) is 5.00. The Hall–Kier alpha value is -1.40. The van der Waals surface area contributed by atoms with Crippen LogP contribution < -0.4 is 9.80 Å². The zero-order chi connectivity index (χ0) is 15.6. The molecule has 0 aromatic carbocycles. The summed E-state index contributed by atoms with van der Waals surface area (Å²) in [7, 11) is 0. The van der Waals surface area contributed by atoms with E-state index < -0.39 is 5.60 Å². The van der Waals surface area contributed by atoms with Gasteiger partial charge in [-0.1, -0.05) is 6.92 Å². The number of ether oxygens (including phenoxy) is 1. The Kier molecular flexibility index (Phi) is 4.49. The Bertz CT molecular complexity index is 503. The summed E-state index contributed by atoms with van der Waals surface area (Å²) in [6.45, 7) is 9.05. The molecule has 122 valence electrons. The average molecular weight is 306 g/mol. The van der Waals surface area contributed by atoms with E-state index in [-0.39, 0.29) is 5.92 Å². The molecule has 0 unspecified atom stereocenters. The summed E-state index contributed by atoms with van der Waals surface area (Å²) >= 11 is 0. The molecule has 6 nitrogen and oxygen atoms in total. The number of rotatable bonds is 3. The van der Waals surface area contributed by atoms with Crippen molar-refractivity contribution < 1.29 is 9.84 Å². The average Bonchev–Trinajstić information content (AvgIpc) is 2.55. The molecule has 1 N–H and O–H groups in total. The van der Waals surface area contributed by atoms with Gasteiger partial charge in [0.1, 0.15) is 18.0 Å². The summed E-state index contributed by atoms with van der Waals surface area (Å²) in [5.74, 6) is 2.21. The second kappa shape index (κ2) is 6.38. The van der Waals surface area contributed by atoms with Crippen LogP contribution in [0.2, 0.25) is 0 Å².